The van der Waals surface area contributed by atoms with Crippen molar-refractivity contribution in [3.8, 4) is 0 Å². The van der Waals surface area contributed by atoms with E-state index in [9.17, 15) is 19.0 Å². The van der Waals surface area contributed by atoms with Crippen molar-refractivity contribution >= 4 is 19.8 Å². The molecule has 0 saturated heterocycles. The number of allylic oxidation sites excluding steroid dienone is 6. The first-order valence-corrected chi connectivity index (χ1v) is 17.9. The Labute approximate surface area is 261 Å². The van der Waals surface area contributed by atoms with Crippen molar-refractivity contribution in [1.82, 2.24) is 5.32 Å². The molecule has 0 fully saturated rings. The topological polar surface area (TPSA) is 120 Å². The number of phosphoric ester groups is 1. The summed E-state index contributed by atoms with van der Waals surface area (Å²) in [5.74, 6) is -0.847. The number of ether oxygens (including phenoxy) is 2. The molecule has 43 heavy (non-hydrogen) atoms. The monoisotopic (exact) mass is 629 g/mol. The minimum Gasteiger partial charge on any atom is -0.462 e. The van der Waals surface area contributed by atoms with E-state index in [-0.39, 0.29) is 26.1 Å². The van der Waals surface area contributed by atoms with Gasteiger partial charge in [0, 0.05) is 19.4 Å². The Morgan fingerprint density at radius 1 is 0.767 bits per heavy atom. The zero-order valence-electron chi connectivity index (χ0n) is 27.1. The van der Waals surface area contributed by atoms with E-state index in [1.807, 2.05) is 13.0 Å². The average Bonchev–Trinajstić information content (AvgIpc) is 2.98. The van der Waals surface area contributed by atoms with Gasteiger partial charge in [0.1, 0.15) is 6.61 Å². The van der Waals surface area contributed by atoms with Crippen LogP contribution in [0.5, 0.6) is 0 Å². The molecule has 0 aliphatic heterocycles. The summed E-state index contributed by atoms with van der Waals surface area (Å²) in [4.78, 5) is 34.6. The van der Waals surface area contributed by atoms with Crippen molar-refractivity contribution in [3.63, 3.8) is 0 Å². The van der Waals surface area contributed by atoms with Crippen LogP contribution in [0.1, 0.15) is 123 Å². The van der Waals surface area contributed by atoms with Crippen LogP contribution < -0.4 is 5.32 Å². The first-order valence-electron chi connectivity index (χ1n) is 16.4. The maximum absolute atomic E-state index is 12.4. The fraction of sp³-hybridized carbons (Fsp3) is 0.758. The first kappa shape index (κ1) is 41.2. The fourth-order valence-electron chi connectivity index (χ4n) is 4.06. The van der Waals surface area contributed by atoms with Gasteiger partial charge >= 0.3 is 19.8 Å². The lowest BCUT2D eigenvalue weighted by Gasteiger charge is -2.20. The normalized spacial score (nSPS) is 14.0. The minimum absolute atomic E-state index is 0.0220. The molecule has 0 amide bonds. The Kier molecular flexibility index (Phi) is 29.0. The largest absolute Gasteiger partial charge is 0.472 e. The molecule has 2 atom stereocenters. The highest BCUT2D eigenvalue weighted by Gasteiger charge is 2.26. The molecule has 0 aromatic heterocycles. The Bertz CT molecular complexity index is 815. The number of likely N-dealkylation sites (N-methyl/N-ethyl adjacent to an activating group) is 1. The van der Waals surface area contributed by atoms with Crippen LogP contribution in [0.2, 0.25) is 0 Å². The van der Waals surface area contributed by atoms with E-state index in [4.69, 9.17) is 18.5 Å². The first-order chi connectivity index (χ1) is 20.8. The highest BCUT2D eigenvalue weighted by Crippen LogP contribution is 2.43. The molecular formula is C33H60NO8P. The maximum atomic E-state index is 12.4. The summed E-state index contributed by atoms with van der Waals surface area (Å²) in [5, 5.41) is 2.80. The number of phosphoric acid groups is 1. The molecule has 2 unspecified atom stereocenters. The third-order valence-electron chi connectivity index (χ3n) is 6.56. The summed E-state index contributed by atoms with van der Waals surface area (Å²) >= 11 is 0. The quantitative estimate of drug-likeness (QED) is 0.0351. The van der Waals surface area contributed by atoms with Gasteiger partial charge in [-0.15, -0.1) is 0 Å². The number of unbranched alkanes of at least 4 members (excludes halogenated alkanes) is 11. The molecule has 0 heterocycles. The third-order valence-corrected chi connectivity index (χ3v) is 7.54. The summed E-state index contributed by atoms with van der Waals surface area (Å²) in [6, 6.07) is 0. The standard InChI is InChI=1S/C33H60NO8P/c1-4-6-8-10-12-14-15-16-17-18-20-21-23-25-32(35)39-29-31(30-41-43(37,38)40-28-27-34-3)42-33(36)26-24-22-19-13-11-9-7-5-2/h5,7-8,10,14-15,31,34H,4,6,9,11-13,16-30H2,1-3H3,(H,37,38)/b7-5-,10-8-,15-14-. The number of nitrogens with one attached hydrogen (secondary N) is 1. The number of hydrogen-bond acceptors (Lipinski definition) is 8. The summed E-state index contributed by atoms with van der Waals surface area (Å²) in [6.45, 7) is 3.88. The lowest BCUT2D eigenvalue weighted by molar-refractivity contribution is -0.161. The molecule has 0 rings (SSSR count). The van der Waals surface area contributed by atoms with Crippen LogP contribution in [0.25, 0.3) is 0 Å². The number of esters is 2. The lowest BCUT2D eigenvalue weighted by Crippen LogP contribution is -2.29. The van der Waals surface area contributed by atoms with Crippen LogP contribution in [0.15, 0.2) is 36.5 Å². The summed E-state index contributed by atoms with van der Waals surface area (Å²) < 4.78 is 32.8. The molecule has 0 saturated carbocycles. The zero-order valence-corrected chi connectivity index (χ0v) is 28.0. The lowest BCUT2D eigenvalue weighted by atomic mass is 10.1. The van der Waals surface area contributed by atoms with Crippen molar-refractivity contribution in [2.24, 2.45) is 0 Å². The van der Waals surface area contributed by atoms with Gasteiger partial charge in [-0.05, 0) is 65.3 Å². The SMILES string of the molecule is C/C=C\CCCCCCCC(=O)OC(COC(=O)CCCCCCC/C=C\C/C=C\CCC)COP(=O)(O)OCCNC. The van der Waals surface area contributed by atoms with Crippen LogP contribution in [-0.4, -0.2) is 56.3 Å². The van der Waals surface area contributed by atoms with Crippen LogP contribution >= 0.6 is 7.82 Å². The molecule has 0 radical (unpaired) electrons. The van der Waals surface area contributed by atoms with Gasteiger partial charge in [-0.2, -0.15) is 0 Å². The summed E-state index contributed by atoms with van der Waals surface area (Å²) in [7, 11) is -2.65. The number of carbonyl (C=O) groups excluding carboxylic acids is 2. The van der Waals surface area contributed by atoms with Crippen molar-refractivity contribution < 1.29 is 37.6 Å². The smallest absolute Gasteiger partial charge is 0.462 e. The molecule has 0 aromatic carbocycles. The fourth-order valence-corrected chi connectivity index (χ4v) is 4.81. The maximum Gasteiger partial charge on any atom is 0.472 e. The molecule has 0 aromatic rings. The summed E-state index contributed by atoms with van der Waals surface area (Å²) in [5.41, 5.74) is 0. The van der Waals surface area contributed by atoms with E-state index in [2.05, 4.69) is 42.6 Å². The van der Waals surface area contributed by atoms with Crippen molar-refractivity contribution in [2.75, 3.05) is 33.4 Å². The molecular weight excluding hydrogens is 569 g/mol. The predicted octanol–water partition coefficient (Wildman–Crippen LogP) is 8.13. The van der Waals surface area contributed by atoms with E-state index < -0.39 is 32.5 Å². The van der Waals surface area contributed by atoms with Gasteiger partial charge in [-0.25, -0.2) is 4.57 Å². The molecule has 10 heteroatoms. The average molecular weight is 630 g/mol. The number of carbonyl (C=O) groups is 2. The highest BCUT2D eigenvalue weighted by molar-refractivity contribution is 7.47. The Morgan fingerprint density at radius 2 is 1.35 bits per heavy atom. The predicted molar refractivity (Wildman–Crippen MR) is 174 cm³/mol. The van der Waals surface area contributed by atoms with E-state index in [1.54, 1.807) is 7.05 Å². The molecule has 0 aliphatic carbocycles. The molecule has 0 spiro atoms. The van der Waals surface area contributed by atoms with Gasteiger partial charge in [0.25, 0.3) is 0 Å². The van der Waals surface area contributed by atoms with Gasteiger partial charge < -0.3 is 19.7 Å². The highest BCUT2D eigenvalue weighted by atomic mass is 31.2. The van der Waals surface area contributed by atoms with E-state index >= 15 is 0 Å². The van der Waals surface area contributed by atoms with Crippen molar-refractivity contribution in [3.05, 3.63) is 36.5 Å². The Hall–Kier alpha value is -1.77. The van der Waals surface area contributed by atoms with E-state index in [0.717, 1.165) is 83.5 Å². The van der Waals surface area contributed by atoms with E-state index in [1.165, 1.54) is 6.42 Å². The second-order valence-corrected chi connectivity index (χ2v) is 12.1. The van der Waals surface area contributed by atoms with E-state index in [0.29, 0.717) is 13.0 Å². The van der Waals surface area contributed by atoms with Gasteiger partial charge in [-0.1, -0.05) is 88.3 Å². The molecule has 0 bridgehead atoms. The van der Waals surface area contributed by atoms with Gasteiger partial charge in [0.05, 0.1) is 13.2 Å². The van der Waals surface area contributed by atoms with Crippen molar-refractivity contribution in [1.29, 1.82) is 0 Å². The molecule has 250 valence electrons. The van der Waals surface area contributed by atoms with Gasteiger partial charge in [0.15, 0.2) is 6.10 Å². The Morgan fingerprint density at radius 3 is 1.98 bits per heavy atom. The zero-order chi connectivity index (χ0) is 31.9. The number of rotatable bonds is 30. The molecule has 9 nitrogen and oxygen atoms in total. The second kappa shape index (κ2) is 30.3. The van der Waals surface area contributed by atoms with Crippen LogP contribution in [0.3, 0.4) is 0 Å². The Balaban J connectivity index is 4.37. The summed E-state index contributed by atoms with van der Waals surface area (Å²) in [6.07, 6.45) is 27.9. The molecule has 0 aliphatic rings. The van der Waals surface area contributed by atoms with Crippen LogP contribution in [0.4, 0.5) is 0 Å². The van der Waals surface area contributed by atoms with Gasteiger partial charge in [-0.3, -0.25) is 18.6 Å². The number of hydrogen-bond donors (Lipinski definition) is 2. The molecule has 2 N–H and O–H groups in total. The van der Waals surface area contributed by atoms with Gasteiger partial charge in [0.2, 0.25) is 0 Å². The second-order valence-electron chi connectivity index (χ2n) is 10.6. The van der Waals surface area contributed by atoms with Crippen LogP contribution in [-0.2, 0) is 32.7 Å². The van der Waals surface area contributed by atoms with Crippen LogP contribution in [0, 0.1) is 0 Å². The van der Waals surface area contributed by atoms with Crippen molar-refractivity contribution in [2.45, 2.75) is 129 Å². The third kappa shape index (κ3) is 30.1. The minimum atomic E-state index is -4.34.